The second kappa shape index (κ2) is 7.82. The quantitative estimate of drug-likeness (QED) is 0.705. The fourth-order valence-electron chi connectivity index (χ4n) is 2.92. The van der Waals surface area contributed by atoms with Gasteiger partial charge in [-0.2, -0.15) is 0 Å². The lowest BCUT2D eigenvalue weighted by Crippen LogP contribution is -2.26. The minimum Gasteiger partial charge on any atom is -0.352 e. The predicted molar refractivity (Wildman–Crippen MR) is 105 cm³/mol. The lowest BCUT2D eigenvalue weighted by atomic mass is 10.1. The first kappa shape index (κ1) is 18.2. The molecule has 3 aromatic rings. The highest BCUT2D eigenvalue weighted by Gasteiger charge is 2.23. The largest absolute Gasteiger partial charge is 0.352 e. The van der Waals surface area contributed by atoms with E-state index in [2.05, 4.69) is 15.6 Å². The molecule has 7 heteroatoms. The second-order valence-electron chi connectivity index (χ2n) is 6.21. The van der Waals surface area contributed by atoms with E-state index in [9.17, 15) is 14.0 Å². The van der Waals surface area contributed by atoms with E-state index in [1.54, 1.807) is 36.5 Å². The molecule has 140 valence electrons. The Morgan fingerprint density at radius 1 is 1.11 bits per heavy atom. The molecule has 28 heavy (non-hydrogen) atoms. The molecule has 0 radical (unpaired) electrons. The monoisotopic (exact) mass is 393 g/mol. The second-order valence-corrected chi connectivity index (χ2v) is 7.29. The Bertz CT molecular complexity index is 1060. The molecule has 0 spiro atoms. The molecule has 1 aromatic heterocycles. The molecule has 4 rings (SSSR count). The van der Waals surface area contributed by atoms with Gasteiger partial charge in [0.1, 0.15) is 5.82 Å². The highest BCUT2D eigenvalue weighted by molar-refractivity contribution is 7.99. The van der Waals surface area contributed by atoms with Crippen LogP contribution in [-0.4, -0.2) is 23.3 Å². The Labute approximate surface area is 165 Å². The minimum absolute atomic E-state index is 0.0186. The predicted octanol–water partition coefficient (Wildman–Crippen LogP) is 3.91. The zero-order valence-corrected chi connectivity index (χ0v) is 15.6. The van der Waals surface area contributed by atoms with E-state index in [1.807, 2.05) is 18.2 Å². The first-order chi connectivity index (χ1) is 13.6. The number of anilines is 1. The van der Waals surface area contributed by atoms with Crippen LogP contribution in [0.4, 0.5) is 10.1 Å². The summed E-state index contributed by atoms with van der Waals surface area (Å²) in [6.07, 6.45) is 2.34. The number of aromatic nitrogens is 1. The van der Waals surface area contributed by atoms with Crippen LogP contribution < -0.4 is 10.6 Å². The molecule has 0 bridgehead atoms. The summed E-state index contributed by atoms with van der Waals surface area (Å²) in [7, 11) is 0. The maximum absolute atomic E-state index is 14.1. The number of pyridine rings is 1. The number of halogens is 1. The molecular weight excluding hydrogens is 377 g/mol. The number of carbonyl (C=O) groups is 2. The summed E-state index contributed by atoms with van der Waals surface area (Å²) >= 11 is 1.29. The van der Waals surface area contributed by atoms with Crippen LogP contribution in [0.25, 0.3) is 0 Å². The van der Waals surface area contributed by atoms with Gasteiger partial charge < -0.3 is 10.6 Å². The zero-order chi connectivity index (χ0) is 19.5. The highest BCUT2D eigenvalue weighted by Crippen LogP contribution is 2.39. The molecule has 0 atom stereocenters. The molecule has 1 aliphatic heterocycles. The third-order valence-electron chi connectivity index (χ3n) is 4.31. The van der Waals surface area contributed by atoms with Gasteiger partial charge >= 0.3 is 0 Å². The molecule has 2 N–H and O–H groups in total. The van der Waals surface area contributed by atoms with Gasteiger partial charge in [0, 0.05) is 40.2 Å². The van der Waals surface area contributed by atoms with Gasteiger partial charge in [0.05, 0.1) is 11.3 Å². The lowest BCUT2D eigenvalue weighted by Gasteiger charge is -2.09. The number of hydrogen-bond donors (Lipinski definition) is 2. The average Bonchev–Trinajstić information content (AvgIpc) is 2.84. The van der Waals surface area contributed by atoms with E-state index >= 15 is 0 Å². The molecule has 5 nitrogen and oxygen atoms in total. The van der Waals surface area contributed by atoms with E-state index in [4.69, 9.17) is 0 Å². The van der Waals surface area contributed by atoms with Crippen molar-refractivity contribution in [2.75, 3.05) is 11.9 Å². The molecule has 2 aromatic carbocycles. The Morgan fingerprint density at radius 2 is 2.00 bits per heavy atom. The SMILES string of the molecule is O=C(NCCc1ccccn1)c1ccc2c(c1)NC(=O)c1c(F)cccc1S2. The Kier molecular flexibility index (Phi) is 5.08. The number of nitrogens with one attached hydrogen (secondary N) is 2. The van der Waals surface area contributed by atoms with Crippen molar-refractivity contribution >= 4 is 29.3 Å². The van der Waals surface area contributed by atoms with Crippen molar-refractivity contribution in [3.63, 3.8) is 0 Å². The molecule has 0 unspecified atom stereocenters. The summed E-state index contributed by atoms with van der Waals surface area (Å²) < 4.78 is 14.1. The lowest BCUT2D eigenvalue weighted by molar-refractivity contribution is 0.0952. The first-order valence-corrected chi connectivity index (χ1v) is 9.53. The number of benzene rings is 2. The van der Waals surface area contributed by atoms with Gasteiger partial charge in [0.25, 0.3) is 11.8 Å². The molecule has 0 fully saturated rings. The van der Waals surface area contributed by atoms with Crippen molar-refractivity contribution in [3.05, 3.63) is 83.4 Å². The van der Waals surface area contributed by atoms with Crippen LogP contribution >= 0.6 is 11.8 Å². The van der Waals surface area contributed by atoms with E-state index in [-0.39, 0.29) is 11.5 Å². The van der Waals surface area contributed by atoms with Gasteiger partial charge in [-0.1, -0.05) is 23.9 Å². The van der Waals surface area contributed by atoms with Crippen LogP contribution in [-0.2, 0) is 6.42 Å². The third-order valence-corrected chi connectivity index (χ3v) is 5.44. The molecule has 2 heterocycles. The van der Waals surface area contributed by atoms with Gasteiger partial charge in [-0.05, 0) is 42.5 Å². The Hall–Kier alpha value is -3.19. The first-order valence-electron chi connectivity index (χ1n) is 8.72. The van der Waals surface area contributed by atoms with Gasteiger partial charge in [-0.15, -0.1) is 0 Å². The van der Waals surface area contributed by atoms with Crippen LogP contribution in [0.15, 0.2) is 70.6 Å². The normalized spacial score (nSPS) is 12.4. The van der Waals surface area contributed by atoms with Crippen LogP contribution in [0.5, 0.6) is 0 Å². The molecule has 1 aliphatic rings. The maximum Gasteiger partial charge on any atom is 0.259 e. The van der Waals surface area contributed by atoms with E-state index in [0.29, 0.717) is 29.1 Å². The average molecular weight is 393 g/mol. The smallest absolute Gasteiger partial charge is 0.259 e. The van der Waals surface area contributed by atoms with Crippen molar-refractivity contribution in [1.82, 2.24) is 10.3 Å². The van der Waals surface area contributed by atoms with Crippen molar-refractivity contribution in [1.29, 1.82) is 0 Å². The van der Waals surface area contributed by atoms with Crippen molar-refractivity contribution in [2.45, 2.75) is 16.2 Å². The van der Waals surface area contributed by atoms with Gasteiger partial charge in [-0.25, -0.2) is 4.39 Å². The topological polar surface area (TPSA) is 71.1 Å². The highest BCUT2D eigenvalue weighted by atomic mass is 32.2. The minimum atomic E-state index is -0.567. The zero-order valence-electron chi connectivity index (χ0n) is 14.7. The maximum atomic E-state index is 14.1. The molecule has 0 saturated heterocycles. The third kappa shape index (κ3) is 3.75. The van der Waals surface area contributed by atoms with E-state index in [1.165, 1.54) is 17.8 Å². The summed E-state index contributed by atoms with van der Waals surface area (Å²) in [5.74, 6) is -1.33. The molecule has 2 amide bonds. The van der Waals surface area contributed by atoms with Crippen molar-refractivity contribution in [2.24, 2.45) is 0 Å². The number of hydrogen-bond acceptors (Lipinski definition) is 4. The molecular formula is C21H16FN3O2S. The number of fused-ring (bicyclic) bond motifs is 2. The fraction of sp³-hybridized carbons (Fsp3) is 0.0952. The van der Waals surface area contributed by atoms with Crippen LogP contribution in [0.3, 0.4) is 0 Å². The standard InChI is InChI=1S/C21H16FN3O2S/c22-15-5-3-6-18-19(15)21(27)25-16-12-13(7-8-17(16)28-18)20(26)24-11-9-14-4-1-2-10-23-14/h1-8,10,12H,9,11H2,(H,24,26)(H,25,27). The fourth-order valence-corrected chi connectivity index (χ4v) is 3.95. The van der Waals surface area contributed by atoms with Gasteiger partial charge in [-0.3, -0.25) is 14.6 Å². The van der Waals surface area contributed by atoms with Gasteiger partial charge in [0.2, 0.25) is 0 Å². The number of carbonyl (C=O) groups excluding carboxylic acids is 2. The van der Waals surface area contributed by atoms with Gasteiger partial charge in [0.15, 0.2) is 0 Å². The summed E-state index contributed by atoms with van der Waals surface area (Å²) in [6, 6.07) is 15.2. The molecule has 0 saturated carbocycles. The number of rotatable bonds is 4. The Balaban J connectivity index is 1.49. The van der Waals surface area contributed by atoms with Crippen molar-refractivity contribution < 1.29 is 14.0 Å². The summed E-state index contributed by atoms with van der Waals surface area (Å²) in [5.41, 5.74) is 1.83. The molecule has 0 aliphatic carbocycles. The van der Waals surface area contributed by atoms with Crippen LogP contribution in [0.1, 0.15) is 26.4 Å². The summed E-state index contributed by atoms with van der Waals surface area (Å²) in [4.78, 5) is 30.4. The Morgan fingerprint density at radius 3 is 2.82 bits per heavy atom. The van der Waals surface area contributed by atoms with Crippen molar-refractivity contribution in [3.8, 4) is 0 Å². The van der Waals surface area contributed by atoms with Crippen LogP contribution in [0, 0.1) is 5.82 Å². The summed E-state index contributed by atoms with van der Waals surface area (Å²) in [5, 5.41) is 5.56. The van der Waals surface area contributed by atoms with E-state index in [0.717, 1.165) is 10.6 Å². The van der Waals surface area contributed by atoms with Crippen LogP contribution in [0.2, 0.25) is 0 Å². The number of amides is 2. The number of nitrogens with zero attached hydrogens (tertiary/aromatic N) is 1. The van der Waals surface area contributed by atoms with E-state index < -0.39 is 11.7 Å². The summed E-state index contributed by atoms with van der Waals surface area (Å²) in [6.45, 7) is 0.449.